The highest BCUT2D eigenvalue weighted by atomic mass is 35.5. The van der Waals surface area contributed by atoms with E-state index >= 15 is 0 Å². The summed E-state index contributed by atoms with van der Waals surface area (Å²) in [6.07, 6.45) is 0.337. The largest absolute Gasteiger partial charge is 0.321 e. The van der Waals surface area contributed by atoms with Gasteiger partial charge >= 0.3 is 0 Å². The first-order valence-electron chi connectivity index (χ1n) is 5.87. The molecule has 0 aliphatic rings. The molecule has 0 aromatic heterocycles. The lowest BCUT2D eigenvalue weighted by Gasteiger charge is -2.26. The van der Waals surface area contributed by atoms with Crippen LogP contribution in [-0.2, 0) is 12.0 Å². The summed E-state index contributed by atoms with van der Waals surface area (Å²) in [6, 6.07) is 10.5. The van der Waals surface area contributed by atoms with E-state index in [1.165, 1.54) is 18.2 Å². The van der Waals surface area contributed by atoms with Crippen LogP contribution in [0, 0.1) is 11.6 Å². The van der Waals surface area contributed by atoms with Gasteiger partial charge in [0, 0.05) is 16.1 Å². The smallest absolute Gasteiger partial charge is 0.129 e. The van der Waals surface area contributed by atoms with Gasteiger partial charge in [-0.1, -0.05) is 29.8 Å². The van der Waals surface area contributed by atoms with Crippen LogP contribution >= 0.6 is 11.6 Å². The SMILES string of the molecule is CC(N)(Cc1cccc(F)c1)c1ccc(Cl)cc1F. The molecule has 0 spiro atoms. The van der Waals surface area contributed by atoms with Gasteiger partial charge < -0.3 is 5.73 Å². The molecule has 0 amide bonds. The maximum atomic E-state index is 13.9. The molecule has 0 saturated carbocycles. The van der Waals surface area contributed by atoms with Crippen molar-refractivity contribution in [2.45, 2.75) is 18.9 Å². The number of halogens is 3. The molecule has 2 rings (SSSR count). The van der Waals surface area contributed by atoms with E-state index in [2.05, 4.69) is 0 Å². The van der Waals surface area contributed by atoms with Gasteiger partial charge in [-0.15, -0.1) is 0 Å². The number of hydrogen-bond donors (Lipinski definition) is 1. The Kier molecular flexibility index (Phi) is 3.88. The highest BCUT2D eigenvalue weighted by molar-refractivity contribution is 6.30. The van der Waals surface area contributed by atoms with E-state index in [0.29, 0.717) is 17.0 Å². The van der Waals surface area contributed by atoms with E-state index in [1.54, 1.807) is 31.2 Å². The second kappa shape index (κ2) is 5.27. The first-order valence-corrected chi connectivity index (χ1v) is 6.25. The standard InChI is InChI=1S/C15H14ClF2N/c1-15(19,9-10-3-2-4-12(17)7-10)13-6-5-11(16)8-14(13)18/h2-8H,9,19H2,1H3. The normalized spacial score (nSPS) is 14.2. The van der Waals surface area contributed by atoms with Crippen molar-refractivity contribution >= 4 is 11.6 Å². The molecule has 0 radical (unpaired) electrons. The zero-order chi connectivity index (χ0) is 14.0. The summed E-state index contributed by atoms with van der Waals surface area (Å²) < 4.78 is 27.0. The van der Waals surface area contributed by atoms with Crippen molar-refractivity contribution < 1.29 is 8.78 Å². The van der Waals surface area contributed by atoms with Crippen molar-refractivity contribution in [3.8, 4) is 0 Å². The molecule has 0 heterocycles. The monoisotopic (exact) mass is 281 g/mol. The van der Waals surface area contributed by atoms with Gasteiger partial charge in [0.1, 0.15) is 11.6 Å². The van der Waals surface area contributed by atoms with Crippen LogP contribution in [0.3, 0.4) is 0 Å². The highest BCUT2D eigenvalue weighted by Gasteiger charge is 2.25. The Balaban J connectivity index is 2.31. The van der Waals surface area contributed by atoms with Crippen molar-refractivity contribution in [3.05, 3.63) is 70.2 Å². The predicted octanol–water partition coefficient (Wildman–Crippen LogP) is 4.03. The lowest BCUT2D eigenvalue weighted by atomic mass is 9.86. The van der Waals surface area contributed by atoms with Crippen LogP contribution in [0.15, 0.2) is 42.5 Å². The molecule has 2 aromatic rings. The number of rotatable bonds is 3. The van der Waals surface area contributed by atoms with Gasteiger partial charge in [-0.3, -0.25) is 0 Å². The number of nitrogens with two attached hydrogens (primary N) is 1. The average Bonchev–Trinajstić information content (AvgIpc) is 2.27. The lowest BCUT2D eigenvalue weighted by Crippen LogP contribution is -2.36. The molecule has 1 nitrogen and oxygen atoms in total. The quantitative estimate of drug-likeness (QED) is 0.903. The van der Waals surface area contributed by atoms with Gasteiger partial charge in [0.25, 0.3) is 0 Å². The van der Waals surface area contributed by atoms with Gasteiger partial charge in [0.2, 0.25) is 0 Å². The van der Waals surface area contributed by atoms with Crippen LogP contribution in [0.2, 0.25) is 5.02 Å². The van der Waals surface area contributed by atoms with Crippen LogP contribution in [0.1, 0.15) is 18.1 Å². The summed E-state index contributed by atoms with van der Waals surface area (Å²) in [7, 11) is 0. The molecule has 0 saturated heterocycles. The molecule has 0 bridgehead atoms. The van der Waals surface area contributed by atoms with E-state index in [0.717, 1.165) is 5.56 Å². The molecule has 0 aliphatic heterocycles. The summed E-state index contributed by atoms with van der Waals surface area (Å²) in [6.45, 7) is 1.71. The molecular weight excluding hydrogens is 268 g/mol. The molecule has 0 aliphatic carbocycles. The van der Waals surface area contributed by atoms with Crippen molar-refractivity contribution in [2.24, 2.45) is 5.73 Å². The molecule has 1 unspecified atom stereocenters. The highest BCUT2D eigenvalue weighted by Crippen LogP contribution is 2.27. The Morgan fingerprint density at radius 1 is 1.16 bits per heavy atom. The van der Waals surface area contributed by atoms with E-state index in [1.807, 2.05) is 0 Å². The van der Waals surface area contributed by atoms with Gasteiger partial charge in [-0.05, 0) is 43.2 Å². The number of hydrogen-bond acceptors (Lipinski definition) is 1. The van der Waals surface area contributed by atoms with Gasteiger partial charge in [0.15, 0.2) is 0 Å². The zero-order valence-electron chi connectivity index (χ0n) is 10.5. The minimum Gasteiger partial charge on any atom is -0.321 e. The van der Waals surface area contributed by atoms with E-state index in [-0.39, 0.29) is 5.82 Å². The Morgan fingerprint density at radius 3 is 2.53 bits per heavy atom. The Hall–Kier alpha value is -1.45. The third-order valence-corrected chi connectivity index (χ3v) is 3.24. The molecular formula is C15H14ClF2N. The van der Waals surface area contributed by atoms with Crippen molar-refractivity contribution in [1.82, 2.24) is 0 Å². The molecule has 1 atom stereocenters. The van der Waals surface area contributed by atoms with Crippen molar-refractivity contribution in [1.29, 1.82) is 0 Å². The molecule has 0 fully saturated rings. The molecule has 2 N–H and O–H groups in total. The predicted molar refractivity (Wildman–Crippen MR) is 73.1 cm³/mol. The maximum Gasteiger partial charge on any atom is 0.129 e. The minimum atomic E-state index is -0.928. The third kappa shape index (κ3) is 3.31. The van der Waals surface area contributed by atoms with E-state index in [9.17, 15) is 8.78 Å². The van der Waals surface area contributed by atoms with Crippen molar-refractivity contribution in [3.63, 3.8) is 0 Å². The van der Waals surface area contributed by atoms with Crippen LogP contribution < -0.4 is 5.73 Å². The van der Waals surface area contributed by atoms with Crippen LogP contribution in [0.4, 0.5) is 8.78 Å². The van der Waals surface area contributed by atoms with Gasteiger partial charge in [-0.25, -0.2) is 8.78 Å². The summed E-state index contributed by atoms with van der Waals surface area (Å²) in [5, 5.41) is 0.322. The lowest BCUT2D eigenvalue weighted by molar-refractivity contribution is 0.456. The van der Waals surface area contributed by atoms with Crippen molar-refractivity contribution in [2.75, 3.05) is 0 Å². The van der Waals surface area contributed by atoms with Crippen LogP contribution in [0.25, 0.3) is 0 Å². The van der Waals surface area contributed by atoms with Gasteiger partial charge in [0.05, 0.1) is 0 Å². The first-order chi connectivity index (χ1) is 8.88. The topological polar surface area (TPSA) is 26.0 Å². The molecule has 4 heteroatoms. The summed E-state index contributed by atoms with van der Waals surface area (Å²) in [5.74, 6) is -0.779. The van der Waals surface area contributed by atoms with Crippen LogP contribution in [-0.4, -0.2) is 0 Å². The Morgan fingerprint density at radius 2 is 1.89 bits per heavy atom. The minimum absolute atomic E-state index is 0.322. The summed E-state index contributed by atoms with van der Waals surface area (Å²) >= 11 is 5.72. The fourth-order valence-corrected chi connectivity index (χ4v) is 2.28. The number of benzene rings is 2. The van der Waals surface area contributed by atoms with E-state index in [4.69, 9.17) is 17.3 Å². The summed E-state index contributed by atoms with van der Waals surface area (Å²) in [5.41, 5.74) is 6.32. The van der Waals surface area contributed by atoms with E-state index < -0.39 is 11.4 Å². The first kappa shape index (κ1) is 14.0. The van der Waals surface area contributed by atoms with Crippen LogP contribution in [0.5, 0.6) is 0 Å². The molecule has 19 heavy (non-hydrogen) atoms. The fourth-order valence-electron chi connectivity index (χ4n) is 2.12. The second-order valence-corrected chi connectivity index (χ2v) is 5.28. The zero-order valence-corrected chi connectivity index (χ0v) is 11.2. The molecule has 2 aromatic carbocycles. The Labute approximate surface area is 116 Å². The third-order valence-electron chi connectivity index (χ3n) is 3.01. The molecule has 100 valence electrons. The second-order valence-electron chi connectivity index (χ2n) is 4.85. The average molecular weight is 282 g/mol. The van der Waals surface area contributed by atoms with Gasteiger partial charge in [-0.2, -0.15) is 0 Å². The Bertz CT molecular complexity index is 596. The maximum absolute atomic E-state index is 13.9. The summed E-state index contributed by atoms with van der Waals surface area (Å²) in [4.78, 5) is 0. The fraction of sp³-hybridized carbons (Fsp3) is 0.200.